The van der Waals surface area contributed by atoms with E-state index in [0.717, 1.165) is 15.6 Å². The Morgan fingerprint density at radius 1 is 1.00 bits per heavy atom. The van der Waals surface area contributed by atoms with Gasteiger partial charge in [-0.3, -0.25) is 24.5 Å². The van der Waals surface area contributed by atoms with E-state index in [0.29, 0.717) is 28.3 Å². The second-order valence-electron chi connectivity index (χ2n) is 8.30. The largest absolute Gasteiger partial charge is 0.494 e. The number of sulfonamides is 1. The van der Waals surface area contributed by atoms with Crippen molar-refractivity contribution in [2.24, 2.45) is 0 Å². The number of thiazole rings is 1. The normalized spacial score (nSPS) is 11.1. The molecule has 0 bridgehead atoms. The number of anilines is 2. The summed E-state index contributed by atoms with van der Waals surface area (Å²) < 4.78 is 43.2. The molecule has 1 N–H and O–H groups in total. The van der Waals surface area contributed by atoms with E-state index in [2.05, 4.69) is 10.3 Å². The SMILES string of the molecule is CCOc1ccc(S(=O)(=O)N(C)c2ccc(OCC(=O)OCC(=O)Nc3nc4ccc([N+](=O)[O-])cc4s3)cc2)cc1. The van der Waals surface area contributed by atoms with Crippen molar-refractivity contribution >= 4 is 60.0 Å². The minimum atomic E-state index is -3.82. The average Bonchev–Trinajstić information content (AvgIpc) is 3.36. The molecule has 0 saturated heterocycles. The van der Waals surface area contributed by atoms with Gasteiger partial charge < -0.3 is 14.2 Å². The Balaban J connectivity index is 1.25. The fourth-order valence-electron chi connectivity index (χ4n) is 3.49. The van der Waals surface area contributed by atoms with Gasteiger partial charge in [0.1, 0.15) is 11.5 Å². The van der Waals surface area contributed by atoms with E-state index < -0.39 is 40.0 Å². The molecule has 3 aromatic carbocycles. The van der Waals surface area contributed by atoms with Crippen molar-refractivity contribution in [3.8, 4) is 11.5 Å². The van der Waals surface area contributed by atoms with Crippen molar-refractivity contribution in [3.63, 3.8) is 0 Å². The molecule has 0 atom stereocenters. The molecule has 13 nitrogen and oxygen atoms in total. The van der Waals surface area contributed by atoms with Crippen molar-refractivity contribution < 1.29 is 37.1 Å². The number of fused-ring (bicyclic) bond motifs is 1. The Labute approximate surface area is 238 Å². The Kier molecular flexibility index (Phi) is 8.99. The van der Waals surface area contributed by atoms with E-state index in [-0.39, 0.29) is 21.5 Å². The van der Waals surface area contributed by atoms with Gasteiger partial charge in [-0.2, -0.15) is 0 Å². The van der Waals surface area contributed by atoms with Crippen LogP contribution >= 0.6 is 11.3 Å². The lowest BCUT2D eigenvalue weighted by Gasteiger charge is -2.20. The van der Waals surface area contributed by atoms with Crippen LogP contribution in [0.1, 0.15) is 6.92 Å². The molecule has 0 aliphatic heterocycles. The number of aromatic nitrogens is 1. The fourth-order valence-corrected chi connectivity index (χ4v) is 5.60. The number of amides is 1. The summed E-state index contributed by atoms with van der Waals surface area (Å²) in [5.41, 5.74) is 0.755. The van der Waals surface area contributed by atoms with Gasteiger partial charge in [-0.15, -0.1) is 0 Å². The fraction of sp³-hybridized carbons (Fsp3) is 0.192. The number of nitro groups is 1. The summed E-state index contributed by atoms with van der Waals surface area (Å²) in [6, 6.07) is 16.3. The lowest BCUT2D eigenvalue weighted by Crippen LogP contribution is -2.26. The molecule has 0 aliphatic rings. The van der Waals surface area contributed by atoms with Gasteiger partial charge in [-0.1, -0.05) is 11.3 Å². The molecular weight excluding hydrogens is 576 g/mol. The molecule has 214 valence electrons. The molecule has 1 amide bonds. The third kappa shape index (κ3) is 7.26. The lowest BCUT2D eigenvalue weighted by molar-refractivity contribution is -0.384. The summed E-state index contributed by atoms with van der Waals surface area (Å²) in [6.45, 7) is 1.22. The number of non-ortho nitro benzene ring substituents is 1. The van der Waals surface area contributed by atoms with Crippen molar-refractivity contribution in [1.29, 1.82) is 0 Å². The number of nitrogens with zero attached hydrogens (tertiary/aromatic N) is 3. The molecule has 0 fully saturated rings. The van der Waals surface area contributed by atoms with Crippen LogP contribution in [-0.2, 0) is 24.3 Å². The lowest BCUT2D eigenvalue weighted by atomic mass is 10.3. The quantitative estimate of drug-likeness (QED) is 0.143. The molecule has 0 radical (unpaired) electrons. The maximum Gasteiger partial charge on any atom is 0.344 e. The van der Waals surface area contributed by atoms with Gasteiger partial charge in [0.15, 0.2) is 18.3 Å². The molecule has 1 aromatic heterocycles. The minimum Gasteiger partial charge on any atom is -0.494 e. The first-order chi connectivity index (χ1) is 19.6. The van der Waals surface area contributed by atoms with Gasteiger partial charge in [0.2, 0.25) is 0 Å². The van der Waals surface area contributed by atoms with E-state index in [1.807, 2.05) is 6.92 Å². The predicted octanol–water partition coefficient (Wildman–Crippen LogP) is 3.99. The van der Waals surface area contributed by atoms with Crippen LogP contribution in [0.3, 0.4) is 0 Å². The highest BCUT2D eigenvalue weighted by Gasteiger charge is 2.21. The van der Waals surface area contributed by atoms with E-state index in [9.17, 15) is 28.1 Å². The number of nitro benzene ring substituents is 1. The number of rotatable bonds is 12. The summed E-state index contributed by atoms with van der Waals surface area (Å²) >= 11 is 1.05. The number of hydrogen-bond donors (Lipinski definition) is 1. The molecular formula is C26H24N4O9S2. The van der Waals surface area contributed by atoms with Crippen LogP contribution in [0.4, 0.5) is 16.5 Å². The number of ether oxygens (including phenoxy) is 3. The van der Waals surface area contributed by atoms with Crippen molar-refractivity contribution in [2.45, 2.75) is 11.8 Å². The standard InChI is InChI=1S/C26H24N4O9S2/c1-3-37-19-9-11-21(12-10-19)41(35,36)29(2)17-4-7-20(8-5-17)38-16-25(32)39-15-24(31)28-26-27-22-13-6-18(30(33)34)14-23(22)40-26/h4-14H,3,15-16H2,1-2H3,(H,27,28,31). The first-order valence-corrected chi connectivity index (χ1v) is 14.3. The average molecular weight is 601 g/mol. The number of benzene rings is 3. The Morgan fingerprint density at radius 2 is 1.66 bits per heavy atom. The maximum absolute atomic E-state index is 13.0. The zero-order valence-electron chi connectivity index (χ0n) is 21.8. The zero-order chi connectivity index (χ0) is 29.6. The molecule has 4 aromatic rings. The minimum absolute atomic E-state index is 0.0939. The second kappa shape index (κ2) is 12.6. The van der Waals surface area contributed by atoms with E-state index in [4.69, 9.17) is 14.2 Å². The molecule has 15 heteroatoms. The van der Waals surface area contributed by atoms with Crippen LogP contribution in [0.15, 0.2) is 71.6 Å². The summed E-state index contributed by atoms with van der Waals surface area (Å²) in [5.74, 6) is -0.601. The van der Waals surface area contributed by atoms with Crippen molar-refractivity contribution in [2.75, 3.05) is 36.5 Å². The van der Waals surface area contributed by atoms with Crippen molar-refractivity contribution in [1.82, 2.24) is 4.98 Å². The molecule has 4 rings (SSSR count). The number of esters is 1. The highest BCUT2D eigenvalue weighted by molar-refractivity contribution is 7.92. The topological polar surface area (TPSA) is 167 Å². The van der Waals surface area contributed by atoms with Crippen LogP contribution in [0.25, 0.3) is 10.2 Å². The van der Waals surface area contributed by atoms with E-state index in [1.54, 1.807) is 12.1 Å². The zero-order valence-corrected chi connectivity index (χ0v) is 23.4. The van der Waals surface area contributed by atoms with E-state index in [1.165, 1.54) is 61.6 Å². The summed E-state index contributed by atoms with van der Waals surface area (Å²) in [5, 5.41) is 13.6. The van der Waals surface area contributed by atoms with E-state index >= 15 is 0 Å². The molecule has 1 heterocycles. The van der Waals surface area contributed by atoms with Gasteiger partial charge in [-0.05, 0) is 61.5 Å². The van der Waals surface area contributed by atoms with Gasteiger partial charge >= 0.3 is 5.97 Å². The van der Waals surface area contributed by atoms with Crippen LogP contribution in [-0.4, -0.2) is 57.1 Å². The van der Waals surface area contributed by atoms with Gasteiger partial charge in [0.05, 0.1) is 32.3 Å². The van der Waals surface area contributed by atoms with Gasteiger partial charge in [0, 0.05) is 19.2 Å². The summed E-state index contributed by atoms with van der Waals surface area (Å²) in [7, 11) is -2.40. The highest BCUT2D eigenvalue weighted by atomic mass is 32.2. The monoisotopic (exact) mass is 600 g/mol. The van der Waals surface area contributed by atoms with Gasteiger partial charge in [-0.25, -0.2) is 18.2 Å². The number of hydrogen-bond acceptors (Lipinski definition) is 11. The van der Waals surface area contributed by atoms with Gasteiger partial charge in [0.25, 0.3) is 21.6 Å². The molecule has 0 spiro atoms. The van der Waals surface area contributed by atoms with Crippen LogP contribution in [0, 0.1) is 10.1 Å². The smallest absolute Gasteiger partial charge is 0.344 e. The Hall–Kier alpha value is -4.76. The number of nitrogens with one attached hydrogen (secondary N) is 1. The van der Waals surface area contributed by atoms with Crippen LogP contribution < -0.4 is 19.1 Å². The first-order valence-electron chi connectivity index (χ1n) is 12.0. The Morgan fingerprint density at radius 3 is 2.32 bits per heavy atom. The molecule has 41 heavy (non-hydrogen) atoms. The number of carbonyl (C=O) groups is 2. The van der Waals surface area contributed by atoms with Crippen molar-refractivity contribution in [3.05, 3.63) is 76.8 Å². The van der Waals surface area contributed by atoms with Crippen LogP contribution in [0.2, 0.25) is 0 Å². The van der Waals surface area contributed by atoms with Crippen LogP contribution in [0.5, 0.6) is 11.5 Å². The predicted molar refractivity (Wildman–Crippen MR) is 151 cm³/mol. The summed E-state index contributed by atoms with van der Waals surface area (Å²) in [4.78, 5) is 38.8. The first kappa shape index (κ1) is 29.2. The second-order valence-corrected chi connectivity index (χ2v) is 11.3. The number of carbonyl (C=O) groups excluding carboxylic acids is 2. The maximum atomic E-state index is 13.0. The Bertz CT molecular complexity index is 1670. The molecule has 0 unspecified atom stereocenters. The molecule has 0 saturated carbocycles. The summed E-state index contributed by atoms with van der Waals surface area (Å²) in [6.07, 6.45) is 0. The third-order valence-corrected chi connectivity index (χ3v) is 8.28. The highest BCUT2D eigenvalue weighted by Crippen LogP contribution is 2.29. The third-order valence-electron chi connectivity index (χ3n) is 5.54. The molecule has 0 aliphatic carbocycles.